The second kappa shape index (κ2) is 8.80. The summed E-state index contributed by atoms with van der Waals surface area (Å²) in [7, 11) is 0. The number of nitrogen functional groups attached to an aromatic ring is 1. The third-order valence-corrected chi connectivity index (χ3v) is 7.22. The number of thiophene rings is 1. The topological polar surface area (TPSA) is 117 Å². The molecule has 0 aliphatic rings. The lowest BCUT2D eigenvalue weighted by atomic mass is 10.1. The molecule has 0 spiro atoms. The van der Waals surface area contributed by atoms with Crippen molar-refractivity contribution in [1.82, 2.24) is 29.5 Å². The van der Waals surface area contributed by atoms with E-state index in [1.807, 2.05) is 27.6 Å². The van der Waals surface area contributed by atoms with Crippen LogP contribution in [0.1, 0.15) is 48.4 Å². The molecule has 4 aromatic heterocycles. The van der Waals surface area contributed by atoms with E-state index in [-0.39, 0.29) is 5.91 Å². The highest BCUT2D eigenvalue weighted by atomic mass is 79.9. The van der Waals surface area contributed by atoms with E-state index >= 15 is 0 Å². The van der Waals surface area contributed by atoms with Crippen molar-refractivity contribution < 1.29 is 4.79 Å². The van der Waals surface area contributed by atoms with Gasteiger partial charge in [0.05, 0.1) is 44.6 Å². The summed E-state index contributed by atoms with van der Waals surface area (Å²) in [6, 6.07) is 7.88. The van der Waals surface area contributed by atoms with E-state index in [4.69, 9.17) is 10.8 Å². The van der Waals surface area contributed by atoms with Crippen molar-refractivity contribution in [2.75, 3.05) is 11.1 Å². The van der Waals surface area contributed by atoms with Gasteiger partial charge in [-0.2, -0.15) is 10.2 Å². The Kier molecular flexibility index (Phi) is 5.82. The number of halogens is 1. The van der Waals surface area contributed by atoms with Crippen LogP contribution in [0.3, 0.4) is 0 Å². The number of nitrogens with one attached hydrogen (secondary N) is 1. The van der Waals surface area contributed by atoms with Crippen LogP contribution in [0.4, 0.5) is 11.5 Å². The number of hydrogen-bond donors (Lipinski definition) is 2. The van der Waals surface area contributed by atoms with E-state index < -0.39 is 0 Å². The molecule has 1 aromatic carbocycles. The summed E-state index contributed by atoms with van der Waals surface area (Å²) >= 11 is 4.94. The highest BCUT2D eigenvalue weighted by Gasteiger charge is 2.20. The Hall–Kier alpha value is -3.31. The fourth-order valence-electron chi connectivity index (χ4n) is 4.06. The summed E-state index contributed by atoms with van der Waals surface area (Å²) in [5, 5.41) is 15.0. The van der Waals surface area contributed by atoms with E-state index in [0.29, 0.717) is 44.4 Å². The van der Waals surface area contributed by atoms with Gasteiger partial charge >= 0.3 is 0 Å². The Bertz CT molecular complexity index is 1530. The van der Waals surface area contributed by atoms with E-state index in [0.717, 1.165) is 23.1 Å². The van der Waals surface area contributed by atoms with Gasteiger partial charge in [0.25, 0.3) is 5.91 Å². The first-order valence-corrected chi connectivity index (χ1v) is 12.5. The third-order valence-electron chi connectivity index (χ3n) is 5.67. The van der Waals surface area contributed by atoms with Gasteiger partial charge in [0.2, 0.25) is 0 Å². The number of nitrogens with zero attached hydrogens (tertiary/aromatic N) is 6. The van der Waals surface area contributed by atoms with Gasteiger partial charge in [-0.05, 0) is 47.0 Å². The fourth-order valence-corrected chi connectivity index (χ4v) is 5.57. The van der Waals surface area contributed by atoms with Crippen LogP contribution in [0.2, 0.25) is 0 Å². The molecule has 0 aliphatic carbocycles. The van der Waals surface area contributed by atoms with E-state index in [9.17, 15) is 4.79 Å². The monoisotopic (exact) mass is 538 g/mol. The van der Waals surface area contributed by atoms with Crippen LogP contribution in [0.5, 0.6) is 0 Å². The molecule has 11 heteroatoms. The van der Waals surface area contributed by atoms with Crippen LogP contribution < -0.4 is 11.1 Å². The first-order valence-electron chi connectivity index (χ1n) is 10.9. The largest absolute Gasteiger partial charge is 0.382 e. The molecule has 0 aliphatic heterocycles. The second-order valence-electron chi connectivity index (χ2n) is 8.22. The number of carbonyl (C=O) groups excluding carboxylic acids is 1. The standard InChI is InChI=1S/C23H23BrN8OS/c1-4-31-17(12(2)3)8-13(29-31)9-32-16-7-5-6-15(18(16)21(24)30-32)28-23(33)14-10-34-20-19(14)26-11-27-22(20)25/h5-8,10-12H,4,9H2,1-3H3,(H,28,33)(H2,25,26,27). The SMILES string of the molecule is CCn1nc(Cn2nc(Br)c3c(NC(=O)c4csc5c(N)ncnc45)cccc32)cc1C(C)C. The van der Waals surface area contributed by atoms with E-state index in [2.05, 4.69) is 63.2 Å². The Balaban J connectivity index is 1.48. The Morgan fingerprint density at radius 1 is 1.24 bits per heavy atom. The summed E-state index contributed by atoms with van der Waals surface area (Å²) in [4.78, 5) is 21.4. The van der Waals surface area contributed by atoms with E-state index in [1.54, 1.807) is 5.38 Å². The predicted molar refractivity (Wildman–Crippen MR) is 138 cm³/mol. The zero-order valence-corrected chi connectivity index (χ0v) is 21.3. The summed E-state index contributed by atoms with van der Waals surface area (Å²) in [6.07, 6.45) is 1.37. The van der Waals surface area contributed by atoms with Crippen molar-refractivity contribution in [3.05, 3.63) is 57.5 Å². The molecular weight excluding hydrogens is 516 g/mol. The number of anilines is 2. The van der Waals surface area contributed by atoms with Crippen LogP contribution in [0.25, 0.3) is 21.1 Å². The molecule has 0 radical (unpaired) electrons. The molecule has 1 amide bonds. The van der Waals surface area contributed by atoms with Crippen LogP contribution in [0, 0.1) is 0 Å². The maximum Gasteiger partial charge on any atom is 0.258 e. The first-order chi connectivity index (χ1) is 16.4. The molecule has 0 bridgehead atoms. The number of rotatable bonds is 6. The molecular formula is C23H23BrN8OS. The molecule has 5 aromatic rings. The number of carbonyl (C=O) groups is 1. The number of hydrogen-bond acceptors (Lipinski definition) is 7. The maximum atomic E-state index is 13.1. The van der Waals surface area contributed by atoms with Crippen molar-refractivity contribution in [1.29, 1.82) is 0 Å². The molecule has 4 heterocycles. The number of aryl methyl sites for hydroxylation is 1. The van der Waals surface area contributed by atoms with Crippen molar-refractivity contribution in [2.24, 2.45) is 0 Å². The minimum absolute atomic E-state index is 0.264. The zero-order valence-electron chi connectivity index (χ0n) is 18.9. The molecule has 0 fully saturated rings. The molecule has 3 N–H and O–H groups in total. The summed E-state index contributed by atoms with van der Waals surface area (Å²) in [5.41, 5.74) is 10.6. The zero-order chi connectivity index (χ0) is 24.0. The summed E-state index contributed by atoms with van der Waals surface area (Å²) in [5.74, 6) is 0.490. The molecule has 0 atom stereocenters. The van der Waals surface area contributed by atoms with Crippen LogP contribution in [-0.2, 0) is 13.1 Å². The van der Waals surface area contributed by atoms with Gasteiger partial charge < -0.3 is 11.1 Å². The number of amides is 1. The molecule has 9 nitrogen and oxygen atoms in total. The van der Waals surface area contributed by atoms with Crippen LogP contribution in [-0.4, -0.2) is 35.4 Å². The number of aromatic nitrogens is 6. The number of nitrogens with two attached hydrogens (primary N) is 1. The molecule has 0 unspecified atom stereocenters. The first kappa shape index (κ1) is 22.5. The van der Waals surface area contributed by atoms with Crippen LogP contribution in [0.15, 0.2) is 40.6 Å². The minimum atomic E-state index is -0.264. The van der Waals surface area contributed by atoms with E-state index in [1.165, 1.54) is 23.4 Å². The van der Waals surface area contributed by atoms with Gasteiger partial charge in [0.1, 0.15) is 16.7 Å². The maximum absolute atomic E-state index is 13.1. The number of fused-ring (bicyclic) bond motifs is 2. The quantitative estimate of drug-likeness (QED) is 0.313. The van der Waals surface area contributed by atoms with Crippen LogP contribution >= 0.6 is 27.3 Å². The molecule has 174 valence electrons. The Labute approximate surface area is 208 Å². The van der Waals surface area contributed by atoms with Gasteiger partial charge in [-0.1, -0.05) is 19.9 Å². The average Bonchev–Trinajstić information content (AvgIpc) is 3.51. The van der Waals surface area contributed by atoms with Crippen molar-refractivity contribution in [3.63, 3.8) is 0 Å². The summed E-state index contributed by atoms with van der Waals surface area (Å²) in [6.45, 7) is 7.77. The molecule has 0 saturated carbocycles. The highest BCUT2D eigenvalue weighted by Crippen LogP contribution is 2.33. The molecule has 34 heavy (non-hydrogen) atoms. The predicted octanol–water partition coefficient (Wildman–Crippen LogP) is 5.03. The normalized spacial score (nSPS) is 11.7. The smallest absolute Gasteiger partial charge is 0.258 e. The van der Waals surface area contributed by atoms with Gasteiger partial charge in [0, 0.05) is 17.6 Å². The summed E-state index contributed by atoms with van der Waals surface area (Å²) < 4.78 is 5.29. The average molecular weight is 539 g/mol. The third kappa shape index (κ3) is 3.84. The lowest BCUT2D eigenvalue weighted by Crippen LogP contribution is -2.12. The number of benzene rings is 1. The second-order valence-corrected chi connectivity index (χ2v) is 9.85. The van der Waals surface area contributed by atoms with Gasteiger partial charge in [-0.25, -0.2) is 9.97 Å². The van der Waals surface area contributed by atoms with Crippen molar-refractivity contribution in [3.8, 4) is 0 Å². The fraction of sp³-hybridized carbons (Fsp3) is 0.261. The molecule has 0 saturated heterocycles. The lowest BCUT2D eigenvalue weighted by molar-refractivity contribution is 0.102. The Morgan fingerprint density at radius 2 is 2.06 bits per heavy atom. The van der Waals surface area contributed by atoms with Gasteiger partial charge in [-0.3, -0.25) is 14.2 Å². The highest BCUT2D eigenvalue weighted by molar-refractivity contribution is 9.10. The van der Waals surface area contributed by atoms with Crippen molar-refractivity contribution in [2.45, 2.75) is 39.8 Å². The van der Waals surface area contributed by atoms with Gasteiger partial charge in [-0.15, -0.1) is 11.3 Å². The lowest BCUT2D eigenvalue weighted by Gasteiger charge is -2.07. The van der Waals surface area contributed by atoms with Crippen molar-refractivity contribution >= 4 is 65.8 Å². The molecule has 5 rings (SSSR count). The minimum Gasteiger partial charge on any atom is -0.382 e. The van der Waals surface area contributed by atoms with Gasteiger partial charge in [0.15, 0.2) is 0 Å². The Morgan fingerprint density at radius 3 is 2.79 bits per heavy atom.